The first kappa shape index (κ1) is 33.8. The molecule has 2 aliphatic heterocycles. The summed E-state index contributed by atoms with van der Waals surface area (Å²) in [6.07, 6.45) is 3.16. The first-order valence-corrected chi connectivity index (χ1v) is 17.7. The van der Waals surface area contributed by atoms with Gasteiger partial charge < -0.3 is 29.7 Å². The molecule has 6 rings (SSSR count). The van der Waals surface area contributed by atoms with Crippen LogP contribution in [0.1, 0.15) is 32.0 Å². The molecule has 1 atom stereocenters. The van der Waals surface area contributed by atoms with Gasteiger partial charge in [-0.15, -0.1) is 0 Å². The Hall–Kier alpha value is -4.12. The van der Waals surface area contributed by atoms with Gasteiger partial charge in [-0.3, -0.25) is 10.00 Å². The van der Waals surface area contributed by atoms with Crippen molar-refractivity contribution in [3.8, 4) is 11.6 Å². The topological polar surface area (TPSA) is 173 Å². The SMILES string of the molecule is Cc1n[nH]c(Nc2ncnc3cc(OCCN4CCN(c5nccc(OC[C@@H]6CNCCO6)n5)CC4)c(S(=O)(=O)C(C)(C)C)cc23)c1C. The standard InChI is InChI=1S/C32H44N10O5S/c1-21-22(2)39-40-29(21)38-30-24-16-27(48(43,44)32(3,4)5)26(17-25(24)35-20-36-30)46-15-13-41-9-11-42(12-10-41)31-34-7-6-28(37-31)47-19-23-18-33-8-14-45-23/h6-7,16-17,20,23,33H,8-15,18-19H2,1-5H3,(H2,35,36,38,39,40)/t23-/m0/s1. The van der Waals surface area contributed by atoms with Crippen molar-refractivity contribution in [2.45, 2.75) is 50.4 Å². The van der Waals surface area contributed by atoms with E-state index in [0.29, 0.717) is 60.7 Å². The van der Waals surface area contributed by atoms with E-state index in [2.05, 4.69) is 50.6 Å². The van der Waals surface area contributed by atoms with E-state index < -0.39 is 14.6 Å². The lowest BCUT2D eigenvalue weighted by Crippen LogP contribution is -2.48. The Morgan fingerprint density at radius 3 is 2.60 bits per heavy atom. The predicted octanol–water partition coefficient (Wildman–Crippen LogP) is 2.64. The van der Waals surface area contributed by atoms with Crippen molar-refractivity contribution in [2.75, 3.05) is 75.9 Å². The van der Waals surface area contributed by atoms with Crippen LogP contribution in [0.2, 0.25) is 0 Å². The van der Waals surface area contributed by atoms with Gasteiger partial charge in [-0.05, 0) is 40.7 Å². The van der Waals surface area contributed by atoms with Gasteiger partial charge in [-0.1, -0.05) is 0 Å². The molecule has 0 aliphatic carbocycles. The van der Waals surface area contributed by atoms with Crippen molar-refractivity contribution < 1.29 is 22.6 Å². The van der Waals surface area contributed by atoms with Crippen LogP contribution in [0.4, 0.5) is 17.6 Å². The number of aryl methyl sites for hydroxylation is 1. The number of fused-ring (bicyclic) bond motifs is 1. The number of aromatic nitrogens is 6. The summed E-state index contributed by atoms with van der Waals surface area (Å²) in [5, 5.41) is 14.3. The second-order valence-electron chi connectivity index (χ2n) is 13.0. The lowest BCUT2D eigenvalue weighted by Gasteiger charge is -2.34. The fraction of sp³-hybridized carbons (Fsp3) is 0.531. The van der Waals surface area contributed by atoms with E-state index in [-0.39, 0.29) is 16.7 Å². The van der Waals surface area contributed by atoms with Crippen LogP contribution >= 0.6 is 0 Å². The number of morpholine rings is 1. The molecule has 2 saturated heterocycles. The van der Waals surface area contributed by atoms with Crippen LogP contribution < -0.4 is 25.0 Å². The quantitative estimate of drug-likeness (QED) is 0.211. The monoisotopic (exact) mass is 680 g/mol. The van der Waals surface area contributed by atoms with E-state index in [0.717, 1.165) is 50.5 Å². The smallest absolute Gasteiger partial charge is 0.228 e. The normalized spacial score (nSPS) is 17.9. The number of hydrogen-bond acceptors (Lipinski definition) is 14. The van der Waals surface area contributed by atoms with Crippen LogP contribution in [0.25, 0.3) is 10.9 Å². The van der Waals surface area contributed by atoms with Crippen LogP contribution in [0.5, 0.6) is 11.6 Å². The summed E-state index contributed by atoms with van der Waals surface area (Å²) in [4.78, 5) is 22.5. The van der Waals surface area contributed by atoms with Gasteiger partial charge in [-0.25, -0.2) is 23.4 Å². The van der Waals surface area contributed by atoms with Gasteiger partial charge in [0.25, 0.3) is 0 Å². The molecule has 0 unspecified atom stereocenters. The zero-order valence-corrected chi connectivity index (χ0v) is 28.9. The zero-order valence-electron chi connectivity index (χ0n) is 28.1. The first-order chi connectivity index (χ1) is 23.0. The van der Waals surface area contributed by atoms with Crippen LogP contribution in [-0.4, -0.2) is 120 Å². The molecule has 0 radical (unpaired) electrons. The van der Waals surface area contributed by atoms with Crippen LogP contribution in [0.3, 0.4) is 0 Å². The Kier molecular flexibility index (Phi) is 9.96. The van der Waals surface area contributed by atoms with Crippen LogP contribution in [0, 0.1) is 13.8 Å². The maximum atomic E-state index is 13.8. The number of benzene rings is 1. The second kappa shape index (κ2) is 14.2. The summed E-state index contributed by atoms with van der Waals surface area (Å²) in [6.45, 7) is 15.6. The fourth-order valence-electron chi connectivity index (χ4n) is 5.47. The minimum absolute atomic E-state index is 0.00573. The van der Waals surface area contributed by atoms with Crippen molar-refractivity contribution in [1.82, 2.24) is 40.3 Å². The van der Waals surface area contributed by atoms with Crippen molar-refractivity contribution >= 4 is 38.3 Å². The number of aromatic amines is 1. The van der Waals surface area contributed by atoms with E-state index in [1.165, 1.54) is 6.33 Å². The Morgan fingerprint density at radius 1 is 1.08 bits per heavy atom. The molecule has 0 saturated carbocycles. The highest BCUT2D eigenvalue weighted by molar-refractivity contribution is 7.92. The van der Waals surface area contributed by atoms with Gasteiger partial charge in [0.1, 0.15) is 47.9 Å². The number of hydrogen-bond donors (Lipinski definition) is 3. The highest BCUT2D eigenvalue weighted by Gasteiger charge is 2.34. The first-order valence-electron chi connectivity index (χ1n) is 16.2. The summed E-state index contributed by atoms with van der Waals surface area (Å²) in [7, 11) is -3.78. The fourth-order valence-corrected chi connectivity index (χ4v) is 6.79. The maximum Gasteiger partial charge on any atom is 0.228 e. The Bertz CT molecular complexity index is 1830. The van der Waals surface area contributed by atoms with Crippen LogP contribution in [0.15, 0.2) is 35.6 Å². The van der Waals surface area contributed by atoms with Crippen molar-refractivity contribution in [3.05, 3.63) is 42.0 Å². The molecule has 2 aliphatic rings. The number of nitrogens with one attached hydrogen (secondary N) is 3. The summed E-state index contributed by atoms with van der Waals surface area (Å²) in [5.74, 6) is 2.59. The largest absolute Gasteiger partial charge is 0.491 e. The van der Waals surface area contributed by atoms with Gasteiger partial charge in [0.15, 0.2) is 9.84 Å². The Balaban J connectivity index is 1.11. The summed E-state index contributed by atoms with van der Waals surface area (Å²) in [6, 6.07) is 5.06. The molecule has 15 nitrogen and oxygen atoms in total. The average molecular weight is 681 g/mol. The highest BCUT2D eigenvalue weighted by Crippen LogP contribution is 2.37. The number of anilines is 3. The third-order valence-corrected chi connectivity index (χ3v) is 11.2. The predicted molar refractivity (Wildman–Crippen MR) is 182 cm³/mol. The minimum atomic E-state index is -3.78. The lowest BCUT2D eigenvalue weighted by atomic mass is 10.2. The Morgan fingerprint density at radius 2 is 1.90 bits per heavy atom. The second-order valence-corrected chi connectivity index (χ2v) is 15.6. The minimum Gasteiger partial charge on any atom is -0.491 e. The number of nitrogens with zero attached hydrogens (tertiary/aromatic N) is 7. The summed E-state index contributed by atoms with van der Waals surface area (Å²) >= 11 is 0. The molecule has 3 N–H and O–H groups in total. The molecule has 0 bridgehead atoms. The number of ether oxygens (including phenoxy) is 3. The molecule has 3 aromatic heterocycles. The molecule has 0 spiro atoms. The third-order valence-electron chi connectivity index (χ3n) is 8.65. The van der Waals surface area contributed by atoms with Gasteiger partial charge >= 0.3 is 0 Å². The van der Waals surface area contributed by atoms with E-state index >= 15 is 0 Å². The van der Waals surface area contributed by atoms with E-state index in [4.69, 9.17) is 14.2 Å². The van der Waals surface area contributed by atoms with E-state index in [1.54, 1.807) is 45.2 Å². The Labute approximate surface area is 280 Å². The number of rotatable bonds is 11. The molecular formula is C32H44N10O5S. The van der Waals surface area contributed by atoms with Crippen molar-refractivity contribution in [3.63, 3.8) is 0 Å². The zero-order chi connectivity index (χ0) is 33.9. The van der Waals surface area contributed by atoms with Crippen molar-refractivity contribution in [1.29, 1.82) is 0 Å². The van der Waals surface area contributed by atoms with E-state index in [9.17, 15) is 8.42 Å². The molecule has 4 aromatic rings. The van der Waals surface area contributed by atoms with E-state index in [1.807, 2.05) is 13.8 Å². The average Bonchev–Trinajstić information content (AvgIpc) is 3.39. The molecule has 1 aromatic carbocycles. The molecule has 5 heterocycles. The van der Waals surface area contributed by atoms with Gasteiger partial charge in [-0.2, -0.15) is 10.1 Å². The molecule has 48 heavy (non-hydrogen) atoms. The van der Waals surface area contributed by atoms with Gasteiger partial charge in [0, 0.05) is 75.1 Å². The van der Waals surface area contributed by atoms with Crippen molar-refractivity contribution in [2.24, 2.45) is 0 Å². The highest BCUT2D eigenvalue weighted by atomic mass is 32.2. The summed E-state index contributed by atoms with van der Waals surface area (Å²) in [5.41, 5.74) is 2.36. The molecular weight excluding hydrogens is 636 g/mol. The van der Waals surface area contributed by atoms with Gasteiger partial charge in [0.2, 0.25) is 11.8 Å². The number of H-pyrrole nitrogens is 1. The molecule has 258 valence electrons. The maximum absolute atomic E-state index is 13.8. The van der Waals surface area contributed by atoms with Gasteiger partial charge in [0.05, 0.1) is 22.6 Å². The lowest BCUT2D eigenvalue weighted by molar-refractivity contribution is -0.000754. The van der Waals surface area contributed by atoms with Crippen LogP contribution in [-0.2, 0) is 14.6 Å². The number of piperazine rings is 1. The number of sulfone groups is 1. The molecule has 16 heteroatoms. The molecule has 2 fully saturated rings. The molecule has 0 amide bonds. The summed E-state index contributed by atoms with van der Waals surface area (Å²) < 4.78 is 44.4. The third kappa shape index (κ3) is 7.46.